The van der Waals surface area contributed by atoms with Gasteiger partial charge in [-0.3, -0.25) is 4.79 Å². The first kappa shape index (κ1) is 20.0. The molecule has 1 saturated carbocycles. The molecule has 0 aromatic carbocycles. The number of fused-ring (bicyclic) bond motifs is 1. The Hall–Kier alpha value is -2.28. The molecule has 2 heterocycles. The molecule has 0 radical (unpaired) electrons. The van der Waals surface area contributed by atoms with Gasteiger partial charge >= 0.3 is 11.9 Å². The third-order valence-electron chi connectivity index (χ3n) is 6.21. The minimum Gasteiger partial charge on any atom is -0.497 e. The number of hydrogen-bond donors (Lipinski definition) is 0. The number of rotatable bonds is 5. The van der Waals surface area contributed by atoms with Gasteiger partial charge in [-0.1, -0.05) is 12.5 Å². The summed E-state index contributed by atoms with van der Waals surface area (Å²) in [5, 5.41) is 1.85. The molecule has 0 N–H and O–H groups in total. The third-order valence-corrected chi connectivity index (χ3v) is 7.06. The molecular formula is C22H27NO5S. The molecule has 1 saturated heterocycles. The minimum atomic E-state index is -0.377. The van der Waals surface area contributed by atoms with Gasteiger partial charge in [-0.25, -0.2) is 4.79 Å². The molecule has 3 unspecified atom stereocenters. The monoisotopic (exact) mass is 417 g/mol. The van der Waals surface area contributed by atoms with Crippen LogP contribution in [0.1, 0.15) is 54.6 Å². The van der Waals surface area contributed by atoms with E-state index in [1.54, 1.807) is 13.2 Å². The average molecular weight is 418 g/mol. The van der Waals surface area contributed by atoms with E-state index in [0.717, 1.165) is 31.4 Å². The summed E-state index contributed by atoms with van der Waals surface area (Å²) in [5.41, 5.74) is 1.06. The average Bonchev–Trinajstić information content (AvgIpc) is 3.27. The van der Waals surface area contributed by atoms with Crippen LogP contribution in [0, 0.1) is 5.92 Å². The molecular weight excluding hydrogens is 390 g/mol. The lowest BCUT2D eigenvalue weighted by atomic mass is 9.78. The lowest BCUT2D eigenvalue weighted by molar-refractivity contribution is -0.166. The molecule has 1 aliphatic heterocycles. The van der Waals surface area contributed by atoms with Crippen molar-refractivity contribution in [2.75, 3.05) is 14.2 Å². The zero-order valence-electron chi connectivity index (χ0n) is 16.9. The van der Waals surface area contributed by atoms with Crippen molar-refractivity contribution in [1.29, 1.82) is 0 Å². The minimum absolute atomic E-state index is 0.0304. The number of ether oxygens (including phenoxy) is 3. The van der Waals surface area contributed by atoms with Crippen LogP contribution in [-0.2, 0) is 19.0 Å². The number of methoxy groups -OCH3 is 1. The van der Waals surface area contributed by atoms with Gasteiger partial charge in [0.2, 0.25) is 0 Å². The summed E-state index contributed by atoms with van der Waals surface area (Å²) < 4.78 is 16.8. The zero-order chi connectivity index (χ0) is 20.4. The van der Waals surface area contributed by atoms with Crippen LogP contribution in [-0.4, -0.2) is 43.1 Å². The summed E-state index contributed by atoms with van der Waals surface area (Å²) in [6, 6.07) is 3.69. The van der Waals surface area contributed by atoms with Crippen molar-refractivity contribution >= 4 is 23.3 Å². The summed E-state index contributed by atoms with van der Waals surface area (Å²) >= 11 is 1.35. The van der Waals surface area contributed by atoms with Crippen LogP contribution in [0.5, 0.6) is 0 Å². The van der Waals surface area contributed by atoms with E-state index in [1.807, 2.05) is 24.6 Å². The number of allylic oxidation sites excluding steroid dienone is 3. The van der Waals surface area contributed by atoms with Gasteiger partial charge in [0.05, 0.1) is 13.5 Å². The molecule has 1 aromatic rings. The SMILES string of the molecule is COC1=C(OC(=O)c2cccs2)C=C(N(C)C2CC(=O)OC3CCCCC32)CC1. The van der Waals surface area contributed by atoms with Crippen LogP contribution in [0.2, 0.25) is 0 Å². The van der Waals surface area contributed by atoms with E-state index < -0.39 is 0 Å². The van der Waals surface area contributed by atoms with Crippen molar-refractivity contribution in [3.05, 3.63) is 45.7 Å². The quantitative estimate of drug-likeness (QED) is 0.668. The largest absolute Gasteiger partial charge is 0.497 e. The molecule has 4 rings (SSSR count). The predicted molar refractivity (Wildman–Crippen MR) is 109 cm³/mol. The molecule has 3 aliphatic rings. The Bertz CT molecular complexity index is 828. The Morgan fingerprint density at radius 1 is 1.28 bits per heavy atom. The van der Waals surface area contributed by atoms with Crippen molar-refractivity contribution in [3.8, 4) is 0 Å². The van der Waals surface area contributed by atoms with Gasteiger partial charge in [0.25, 0.3) is 0 Å². The van der Waals surface area contributed by atoms with Crippen molar-refractivity contribution in [2.45, 2.75) is 57.1 Å². The van der Waals surface area contributed by atoms with Crippen molar-refractivity contribution in [1.82, 2.24) is 4.90 Å². The normalized spacial score (nSPS) is 26.9. The van der Waals surface area contributed by atoms with E-state index in [2.05, 4.69) is 4.90 Å². The molecule has 2 fully saturated rings. The summed E-state index contributed by atoms with van der Waals surface area (Å²) in [6.07, 6.45) is 8.11. The van der Waals surface area contributed by atoms with Crippen LogP contribution < -0.4 is 0 Å². The molecule has 29 heavy (non-hydrogen) atoms. The second-order valence-electron chi connectivity index (χ2n) is 7.85. The topological polar surface area (TPSA) is 65.1 Å². The fourth-order valence-electron chi connectivity index (χ4n) is 4.67. The first-order valence-corrected chi connectivity index (χ1v) is 11.1. The van der Waals surface area contributed by atoms with E-state index >= 15 is 0 Å². The van der Waals surface area contributed by atoms with E-state index in [9.17, 15) is 9.59 Å². The number of carbonyl (C=O) groups is 2. The van der Waals surface area contributed by atoms with Crippen LogP contribution >= 0.6 is 11.3 Å². The summed E-state index contributed by atoms with van der Waals surface area (Å²) in [6.45, 7) is 0. The third kappa shape index (κ3) is 4.20. The zero-order valence-corrected chi connectivity index (χ0v) is 17.7. The number of nitrogens with zero attached hydrogens (tertiary/aromatic N) is 1. The summed E-state index contributed by atoms with van der Waals surface area (Å²) in [7, 11) is 3.64. The first-order valence-electron chi connectivity index (χ1n) is 10.2. The van der Waals surface area contributed by atoms with Crippen LogP contribution in [0.3, 0.4) is 0 Å². The highest BCUT2D eigenvalue weighted by Gasteiger charge is 2.42. The number of esters is 2. The smallest absolute Gasteiger partial charge is 0.353 e. The summed E-state index contributed by atoms with van der Waals surface area (Å²) in [5.74, 6) is 0.998. The van der Waals surface area contributed by atoms with Gasteiger partial charge in [-0.15, -0.1) is 11.3 Å². The Morgan fingerprint density at radius 2 is 2.10 bits per heavy atom. The number of hydrogen-bond acceptors (Lipinski definition) is 7. The Balaban J connectivity index is 1.55. The van der Waals surface area contributed by atoms with Gasteiger partial charge in [-0.05, 0) is 37.1 Å². The molecule has 0 amide bonds. The van der Waals surface area contributed by atoms with Gasteiger partial charge in [0.1, 0.15) is 16.7 Å². The molecule has 3 atom stereocenters. The maximum Gasteiger partial charge on any atom is 0.353 e. The van der Waals surface area contributed by atoms with Gasteiger partial charge in [0, 0.05) is 37.2 Å². The molecule has 156 valence electrons. The highest BCUT2D eigenvalue weighted by molar-refractivity contribution is 7.11. The maximum absolute atomic E-state index is 12.4. The number of carbonyl (C=O) groups excluding carboxylic acids is 2. The van der Waals surface area contributed by atoms with Crippen molar-refractivity contribution in [2.24, 2.45) is 5.92 Å². The molecule has 7 heteroatoms. The lowest BCUT2D eigenvalue weighted by Crippen LogP contribution is -2.50. The molecule has 0 bridgehead atoms. The van der Waals surface area contributed by atoms with Gasteiger partial charge in [-0.2, -0.15) is 0 Å². The maximum atomic E-state index is 12.4. The Morgan fingerprint density at radius 3 is 2.86 bits per heavy atom. The van der Waals surface area contributed by atoms with Crippen LogP contribution in [0.4, 0.5) is 0 Å². The molecule has 1 aromatic heterocycles. The van der Waals surface area contributed by atoms with E-state index in [-0.39, 0.29) is 24.1 Å². The predicted octanol–water partition coefficient (Wildman–Crippen LogP) is 4.25. The summed E-state index contributed by atoms with van der Waals surface area (Å²) in [4.78, 5) is 27.4. The Labute approximate surface area is 175 Å². The van der Waals surface area contributed by atoms with Gasteiger partial charge in [0.15, 0.2) is 5.76 Å². The first-order chi connectivity index (χ1) is 14.1. The highest BCUT2D eigenvalue weighted by Crippen LogP contribution is 2.39. The van der Waals surface area contributed by atoms with Crippen LogP contribution in [0.25, 0.3) is 0 Å². The van der Waals surface area contributed by atoms with Crippen LogP contribution in [0.15, 0.2) is 40.8 Å². The molecule has 0 spiro atoms. The van der Waals surface area contributed by atoms with E-state index in [4.69, 9.17) is 14.2 Å². The molecule has 2 aliphatic carbocycles. The Kier molecular flexibility index (Phi) is 5.94. The number of thiophene rings is 1. The fraction of sp³-hybridized carbons (Fsp3) is 0.545. The van der Waals surface area contributed by atoms with Crippen molar-refractivity contribution in [3.63, 3.8) is 0 Å². The molecule has 6 nitrogen and oxygen atoms in total. The second-order valence-corrected chi connectivity index (χ2v) is 8.80. The van der Waals surface area contributed by atoms with Gasteiger partial charge < -0.3 is 19.1 Å². The van der Waals surface area contributed by atoms with E-state index in [0.29, 0.717) is 35.2 Å². The highest BCUT2D eigenvalue weighted by atomic mass is 32.1. The lowest BCUT2D eigenvalue weighted by Gasteiger charge is -2.45. The van der Waals surface area contributed by atoms with E-state index in [1.165, 1.54) is 17.8 Å². The second kappa shape index (κ2) is 8.61. The fourth-order valence-corrected chi connectivity index (χ4v) is 5.27. The van der Waals surface area contributed by atoms with Crippen molar-refractivity contribution < 1.29 is 23.8 Å². The standard InChI is InChI=1S/C22H27NO5S/c1-23(16-13-21(24)27-17-7-4-3-6-15(16)17)14-9-10-18(26-2)19(12-14)28-22(25)20-8-5-11-29-20/h5,8,11-12,15-17H,3-4,6-7,9-10,13H2,1-2H3.